The highest BCUT2D eigenvalue weighted by Crippen LogP contribution is 2.33. The van der Waals surface area contributed by atoms with Crippen LogP contribution in [-0.2, 0) is 33.2 Å². The van der Waals surface area contributed by atoms with Crippen LogP contribution < -0.4 is 5.32 Å². The number of allylic oxidation sites excluding steroid dienone is 3. The van der Waals surface area contributed by atoms with E-state index in [2.05, 4.69) is 31.3 Å². The van der Waals surface area contributed by atoms with E-state index >= 15 is 0 Å². The Kier molecular flexibility index (Phi) is 47.3. The normalized spacial score (nSPS) is 28.5. The van der Waals surface area contributed by atoms with E-state index in [1.807, 2.05) is 6.08 Å². The van der Waals surface area contributed by atoms with Gasteiger partial charge in [0.1, 0.15) is 73.2 Å². The number of amides is 1. The minimum atomic E-state index is -1.98. The van der Waals surface area contributed by atoms with Crippen molar-refractivity contribution in [1.29, 1.82) is 0 Å². The van der Waals surface area contributed by atoms with Crippen LogP contribution in [0.15, 0.2) is 24.3 Å². The lowest BCUT2D eigenvalue weighted by atomic mass is 9.96. The van der Waals surface area contributed by atoms with Crippen LogP contribution in [0.4, 0.5) is 0 Å². The summed E-state index contributed by atoms with van der Waals surface area (Å²) in [5, 5.41) is 121. The van der Waals surface area contributed by atoms with Crippen molar-refractivity contribution in [3.05, 3.63) is 24.3 Å². The zero-order valence-electron chi connectivity index (χ0n) is 54.7. The molecule has 0 aromatic rings. The number of ether oxygens (including phenoxy) is 6. The van der Waals surface area contributed by atoms with Crippen LogP contribution in [0.1, 0.15) is 277 Å². The largest absolute Gasteiger partial charge is 0.394 e. The minimum Gasteiger partial charge on any atom is -0.394 e. The Morgan fingerprint density at radius 1 is 0.398 bits per heavy atom. The molecule has 0 aromatic carbocycles. The summed E-state index contributed by atoms with van der Waals surface area (Å²) in [5.74, 6) is -0.280. The van der Waals surface area contributed by atoms with Gasteiger partial charge >= 0.3 is 0 Å². The van der Waals surface area contributed by atoms with Gasteiger partial charge in [-0.15, -0.1) is 0 Å². The highest BCUT2D eigenvalue weighted by Gasteiger charge is 2.53. The Bertz CT molecular complexity index is 1690. The maximum atomic E-state index is 13.4. The Balaban J connectivity index is 1.44. The van der Waals surface area contributed by atoms with E-state index in [4.69, 9.17) is 28.4 Å². The fourth-order valence-electron chi connectivity index (χ4n) is 12.2. The van der Waals surface area contributed by atoms with Crippen molar-refractivity contribution in [1.82, 2.24) is 5.32 Å². The Morgan fingerprint density at radius 3 is 1.14 bits per heavy atom. The van der Waals surface area contributed by atoms with Gasteiger partial charge in [-0.25, -0.2) is 0 Å². The van der Waals surface area contributed by atoms with Gasteiger partial charge in [0, 0.05) is 6.42 Å². The molecular formula is C69H129NO18. The predicted octanol–water partition coefficient (Wildman–Crippen LogP) is 9.44. The maximum Gasteiger partial charge on any atom is 0.220 e. The molecule has 0 bridgehead atoms. The molecule has 17 unspecified atom stereocenters. The third-order valence-electron chi connectivity index (χ3n) is 18.0. The molecule has 19 heteroatoms. The molecule has 0 spiro atoms. The van der Waals surface area contributed by atoms with E-state index in [0.717, 1.165) is 38.5 Å². The summed E-state index contributed by atoms with van der Waals surface area (Å²) in [4.78, 5) is 13.4. The molecule has 0 aliphatic carbocycles. The molecular weight excluding hydrogens is 1130 g/mol. The Labute approximate surface area is 530 Å². The molecule has 12 N–H and O–H groups in total. The number of nitrogens with one attached hydrogen (secondary N) is 1. The smallest absolute Gasteiger partial charge is 0.220 e. The van der Waals surface area contributed by atoms with Gasteiger partial charge in [0.05, 0.1) is 38.6 Å². The number of unbranched alkanes of at least 4 members (excludes halogenated alkanes) is 37. The molecule has 1 amide bonds. The quantitative estimate of drug-likeness (QED) is 0.0199. The second-order valence-corrected chi connectivity index (χ2v) is 25.7. The molecule has 19 nitrogen and oxygen atoms in total. The summed E-state index contributed by atoms with van der Waals surface area (Å²) in [6.45, 7) is 1.75. The van der Waals surface area contributed by atoms with Crippen molar-refractivity contribution in [3.8, 4) is 0 Å². The zero-order chi connectivity index (χ0) is 64.0. The second-order valence-electron chi connectivity index (χ2n) is 25.7. The van der Waals surface area contributed by atoms with Crippen LogP contribution in [0.5, 0.6) is 0 Å². The maximum absolute atomic E-state index is 13.4. The lowest BCUT2D eigenvalue weighted by molar-refractivity contribution is -0.379. The van der Waals surface area contributed by atoms with E-state index in [9.17, 15) is 61.0 Å². The fourth-order valence-corrected chi connectivity index (χ4v) is 12.2. The predicted molar refractivity (Wildman–Crippen MR) is 342 cm³/mol. The Hall–Kier alpha value is -1.73. The van der Waals surface area contributed by atoms with Gasteiger partial charge in [-0.05, 0) is 32.1 Å². The van der Waals surface area contributed by atoms with Gasteiger partial charge in [0.2, 0.25) is 5.91 Å². The van der Waals surface area contributed by atoms with Crippen molar-refractivity contribution in [2.24, 2.45) is 0 Å². The molecule has 0 aromatic heterocycles. The molecule has 88 heavy (non-hydrogen) atoms. The number of aliphatic hydroxyl groups is 11. The fraction of sp³-hybridized carbons (Fsp3) is 0.928. The van der Waals surface area contributed by atoms with Gasteiger partial charge < -0.3 is 89.9 Å². The molecule has 3 fully saturated rings. The van der Waals surface area contributed by atoms with Gasteiger partial charge in [-0.2, -0.15) is 0 Å². The zero-order valence-corrected chi connectivity index (χ0v) is 54.7. The molecule has 3 heterocycles. The average Bonchev–Trinajstić information content (AvgIpc) is 3.69. The van der Waals surface area contributed by atoms with Crippen molar-refractivity contribution in [2.45, 2.75) is 381 Å². The lowest BCUT2D eigenvalue weighted by Crippen LogP contribution is -2.66. The van der Waals surface area contributed by atoms with Gasteiger partial charge in [0.25, 0.3) is 0 Å². The van der Waals surface area contributed by atoms with Crippen molar-refractivity contribution in [2.75, 3.05) is 26.4 Å². The number of rotatable bonds is 55. The van der Waals surface area contributed by atoms with E-state index in [0.29, 0.717) is 12.8 Å². The Morgan fingerprint density at radius 2 is 0.727 bits per heavy atom. The summed E-state index contributed by atoms with van der Waals surface area (Å²) in [5.41, 5.74) is 0. The molecule has 3 rings (SSSR count). The van der Waals surface area contributed by atoms with Crippen molar-refractivity contribution >= 4 is 5.91 Å². The number of hydrogen-bond donors (Lipinski definition) is 12. The lowest BCUT2D eigenvalue weighted by Gasteiger charge is -2.48. The van der Waals surface area contributed by atoms with Crippen LogP contribution >= 0.6 is 0 Å². The second kappa shape index (κ2) is 51.7. The van der Waals surface area contributed by atoms with Crippen LogP contribution in [0, 0.1) is 0 Å². The molecule has 3 saturated heterocycles. The first-order valence-corrected chi connectivity index (χ1v) is 35.6. The molecule has 17 atom stereocenters. The summed E-state index contributed by atoms with van der Waals surface area (Å²) < 4.78 is 34.3. The van der Waals surface area contributed by atoms with E-state index in [1.165, 1.54) is 205 Å². The number of hydrogen-bond acceptors (Lipinski definition) is 18. The number of carbonyl (C=O) groups is 1. The van der Waals surface area contributed by atoms with Gasteiger partial charge in [-0.3, -0.25) is 4.79 Å². The molecule has 0 saturated carbocycles. The van der Waals surface area contributed by atoms with Gasteiger partial charge in [0.15, 0.2) is 18.9 Å². The first-order chi connectivity index (χ1) is 42.8. The van der Waals surface area contributed by atoms with Crippen LogP contribution in [0.25, 0.3) is 0 Å². The number of aliphatic hydroxyl groups excluding tert-OH is 11. The average molecular weight is 1260 g/mol. The monoisotopic (exact) mass is 1260 g/mol. The van der Waals surface area contributed by atoms with Gasteiger partial charge in [-0.1, -0.05) is 263 Å². The highest BCUT2D eigenvalue weighted by atomic mass is 16.8. The minimum absolute atomic E-state index is 0.241. The van der Waals surface area contributed by atoms with E-state index in [-0.39, 0.29) is 18.9 Å². The third-order valence-corrected chi connectivity index (χ3v) is 18.0. The summed E-state index contributed by atoms with van der Waals surface area (Å²) >= 11 is 0. The molecule has 518 valence electrons. The van der Waals surface area contributed by atoms with E-state index < -0.39 is 124 Å². The standard InChI is InChI=1S/C69H129NO18/c1-3-5-7-9-11-13-15-17-19-21-23-24-25-26-27-29-31-33-35-37-39-41-43-45-47-57(75)70-52(53(74)46-44-42-40-38-36-34-32-30-28-22-20-18-16-14-12-10-8-6-4-2)51-83-67-63(81)60(78)65(55(49-72)85-67)88-69-64(82)61(79)66(56(50-73)86-69)87-68-62(80)59(77)58(76)54(48-71)84-68/h36,38,44,46,52-56,58-69,71-74,76-82H,3-35,37,39-43,45,47-51H2,1-2H3,(H,70,75)/b38-36+,46-44+. The SMILES string of the molecule is CCCCCCCCCCCCCCC/C=C/CC/C=C/C(O)C(COC1OC(CO)C(OC2OC(CO)C(OC3OC(CO)C(O)C(O)C3O)C(O)C2O)C(O)C1O)NC(=O)CCCCCCCCCCCCCCCCCCCCCCCCCC. The van der Waals surface area contributed by atoms with Crippen LogP contribution in [-0.4, -0.2) is 193 Å². The molecule has 0 radical (unpaired) electrons. The summed E-state index contributed by atoms with van der Waals surface area (Å²) in [7, 11) is 0. The first-order valence-electron chi connectivity index (χ1n) is 35.6. The first kappa shape index (κ1) is 80.5. The summed E-state index contributed by atoms with van der Waals surface area (Å²) in [6.07, 6.45) is 31.6. The topological polar surface area (TPSA) is 307 Å². The summed E-state index contributed by atoms with van der Waals surface area (Å²) in [6, 6.07) is -0.987. The highest BCUT2D eigenvalue weighted by molar-refractivity contribution is 5.76. The van der Waals surface area contributed by atoms with E-state index in [1.54, 1.807) is 6.08 Å². The van der Waals surface area contributed by atoms with Crippen LogP contribution in [0.2, 0.25) is 0 Å². The molecule has 3 aliphatic rings. The van der Waals surface area contributed by atoms with Crippen molar-refractivity contribution < 1.29 is 89.4 Å². The van der Waals surface area contributed by atoms with Crippen molar-refractivity contribution in [3.63, 3.8) is 0 Å². The molecule has 3 aliphatic heterocycles. The number of carbonyl (C=O) groups excluding carboxylic acids is 1. The van der Waals surface area contributed by atoms with Crippen LogP contribution in [0.3, 0.4) is 0 Å². The third kappa shape index (κ3) is 33.4.